The molecule has 0 aromatic carbocycles. The molecule has 320 valence electrons. The first-order valence-electron chi connectivity index (χ1n) is 22.3. The van der Waals surface area contributed by atoms with Gasteiger partial charge in [0.25, 0.3) is 0 Å². The Bertz CT molecular complexity index is 1200. The molecule has 6 heterocycles. The first-order chi connectivity index (χ1) is 26.1. The van der Waals surface area contributed by atoms with Crippen LogP contribution in [0.2, 0.25) is 0 Å². The molecule has 55 heavy (non-hydrogen) atoms. The highest BCUT2D eigenvalue weighted by Crippen LogP contribution is 2.45. The minimum atomic E-state index is -0.485. The summed E-state index contributed by atoms with van der Waals surface area (Å²) < 4.78 is 66.5. The van der Waals surface area contributed by atoms with Gasteiger partial charge >= 0.3 is 0 Å². The van der Waals surface area contributed by atoms with Gasteiger partial charge in [-0.05, 0) is 55.3 Å². The molecule has 6 fully saturated rings. The summed E-state index contributed by atoms with van der Waals surface area (Å²) in [6.45, 7) is 31.2. The van der Waals surface area contributed by atoms with E-state index in [1.165, 1.54) is 0 Å². The van der Waals surface area contributed by atoms with Gasteiger partial charge in [0.1, 0.15) is 6.10 Å². The molecular weight excluding hydrogens is 704 g/mol. The maximum absolute atomic E-state index is 10.8. The quantitative estimate of drug-likeness (QED) is 0.212. The van der Waals surface area contributed by atoms with Crippen LogP contribution in [-0.2, 0) is 47.4 Å². The van der Waals surface area contributed by atoms with Gasteiger partial charge in [0.15, 0.2) is 31.5 Å². The summed E-state index contributed by atoms with van der Waals surface area (Å²) in [6, 6.07) is 0. The molecule has 0 spiro atoms. The average Bonchev–Trinajstić information content (AvgIpc) is 3.64. The van der Waals surface area contributed by atoms with E-state index < -0.39 is 6.10 Å². The third kappa shape index (κ3) is 8.61. The molecule has 2 bridgehead atoms. The van der Waals surface area contributed by atoms with Crippen LogP contribution >= 0.6 is 0 Å². The van der Waals surface area contributed by atoms with Gasteiger partial charge in [-0.15, -0.1) is 0 Å². The Kier molecular flexibility index (Phi) is 14.8. The Labute approximate surface area is 332 Å². The van der Waals surface area contributed by atoms with Crippen molar-refractivity contribution in [2.75, 3.05) is 6.61 Å². The van der Waals surface area contributed by atoms with Crippen LogP contribution in [0.3, 0.4) is 0 Å². The summed E-state index contributed by atoms with van der Waals surface area (Å²) in [5, 5.41) is 10.8. The third-order valence-electron chi connectivity index (χ3n) is 15.5. The largest absolute Gasteiger partial charge is 0.390 e. The van der Waals surface area contributed by atoms with Crippen LogP contribution < -0.4 is 0 Å². The van der Waals surface area contributed by atoms with Gasteiger partial charge in [0.2, 0.25) is 0 Å². The lowest BCUT2D eigenvalue weighted by Gasteiger charge is -2.52. The molecule has 11 nitrogen and oxygen atoms in total. The molecule has 1 N–H and O–H groups in total. The van der Waals surface area contributed by atoms with Crippen molar-refractivity contribution < 1.29 is 52.5 Å². The lowest BCUT2D eigenvalue weighted by molar-refractivity contribution is -0.362. The van der Waals surface area contributed by atoms with Crippen LogP contribution in [0.15, 0.2) is 0 Å². The highest BCUT2D eigenvalue weighted by Gasteiger charge is 2.53. The Hall–Kier alpha value is -0.440. The van der Waals surface area contributed by atoms with Crippen molar-refractivity contribution in [2.45, 2.75) is 215 Å². The Morgan fingerprint density at radius 2 is 0.727 bits per heavy atom. The number of hydrogen-bond donors (Lipinski definition) is 1. The van der Waals surface area contributed by atoms with Crippen LogP contribution in [0.25, 0.3) is 0 Å². The zero-order chi connectivity index (χ0) is 40.0. The normalized spacial score (nSPS) is 54.7. The Balaban J connectivity index is 1.08. The highest BCUT2D eigenvalue weighted by atomic mass is 16.8. The second kappa shape index (κ2) is 18.4. The van der Waals surface area contributed by atoms with Crippen LogP contribution in [-0.4, -0.2) is 104 Å². The minimum absolute atomic E-state index is 0.0586. The summed E-state index contributed by atoms with van der Waals surface area (Å²) in [5.41, 5.74) is 0. The fourth-order valence-corrected chi connectivity index (χ4v) is 10.2. The maximum atomic E-state index is 10.8. The summed E-state index contributed by atoms with van der Waals surface area (Å²) in [6.07, 6.45) is -0.156. The summed E-state index contributed by atoms with van der Waals surface area (Å²) in [5.74, 6) is 1.54. The number of rotatable bonds is 12. The summed E-state index contributed by atoms with van der Waals surface area (Å²) in [7, 11) is 0. The second-order valence-corrected chi connectivity index (χ2v) is 18.7. The molecule has 11 heteroatoms. The van der Waals surface area contributed by atoms with E-state index in [1.807, 2.05) is 0 Å². The van der Waals surface area contributed by atoms with E-state index in [0.717, 1.165) is 25.7 Å². The van der Waals surface area contributed by atoms with E-state index in [1.54, 1.807) is 0 Å². The number of fused-ring (bicyclic) bond motifs is 2. The zero-order valence-electron chi connectivity index (χ0n) is 36.5. The average molecular weight is 783 g/mol. The lowest BCUT2D eigenvalue weighted by Crippen LogP contribution is -2.59. The predicted octanol–water partition coefficient (Wildman–Crippen LogP) is 7.54. The molecule has 0 radical (unpaired) electrons. The molecule has 0 aromatic heterocycles. The van der Waals surface area contributed by atoms with Crippen molar-refractivity contribution >= 4 is 0 Å². The molecule has 6 aliphatic rings. The Morgan fingerprint density at radius 1 is 0.400 bits per heavy atom. The van der Waals surface area contributed by atoms with Crippen molar-refractivity contribution in [1.29, 1.82) is 0 Å². The van der Waals surface area contributed by atoms with Crippen molar-refractivity contribution in [3.8, 4) is 0 Å². The van der Waals surface area contributed by atoms with E-state index in [9.17, 15) is 5.11 Å². The smallest absolute Gasteiger partial charge is 0.161 e. The van der Waals surface area contributed by atoms with Crippen molar-refractivity contribution in [3.05, 3.63) is 0 Å². The van der Waals surface area contributed by atoms with Gasteiger partial charge < -0.3 is 52.5 Å². The third-order valence-corrected chi connectivity index (χ3v) is 15.5. The van der Waals surface area contributed by atoms with Crippen LogP contribution in [0.4, 0.5) is 0 Å². The van der Waals surface area contributed by atoms with Gasteiger partial charge in [-0.3, -0.25) is 0 Å². The summed E-state index contributed by atoms with van der Waals surface area (Å²) in [4.78, 5) is 0. The van der Waals surface area contributed by atoms with Gasteiger partial charge in [-0.2, -0.15) is 0 Å². The van der Waals surface area contributed by atoms with Gasteiger partial charge in [-0.25, -0.2) is 0 Å². The molecule has 6 aliphatic heterocycles. The fraction of sp³-hybridized carbons (Fsp3) is 1.00. The fourth-order valence-electron chi connectivity index (χ4n) is 10.2. The van der Waals surface area contributed by atoms with Crippen LogP contribution in [0.5, 0.6) is 0 Å². The van der Waals surface area contributed by atoms with Crippen molar-refractivity contribution in [2.24, 2.45) is 59.2 Å². The molecule has 12 unspecified atom stereocenters. The number of aliphatic hydroxyl groups is 1. The second-order valence-electron chi connectivity index (χ2n) is 18.7. The first kappa shape index (κ1) is 44.1. The molecule has 0 saturated carbocycles. The van der Waals surface area contributed by atoms with Gasteiger partial charge in [-0.1, -0.05) is 96.9 Å². The van der Waals surface area contributed by atoms with Crippen LogP contribution in [0.1, 0.15) is 123 Å². The molecule has 6 rings (SSSR count). The minimum Gasteiger partial charge on any atom is -0.390 e. The monoisotopic (exact) mass is 783 g/mol. The van der Waals surface area contributed by atoms with E-state index in [4.69, 9.17) is 47.4 Å². The number of hydrogen-bond acceptors (Lipinski definition) is 11. The van der Waals surface area contributed by atoms with E-state index in [2.05, 4.69) is 96.9 Å². The van der Waals surface area contributed by atoms with Crippen LogP contribution in [0, 0.1) is 59.2 Å². The Morgan fingerprint density at radius 3 is 1.11 bits per heavy atom. The molecule has 25 atom stereocenters. The van der Waals surface area contributed by atoms with Crippen molar-refractivity contribution in [1.82, 2.24) is 0 Å². The lowest BCUT2D eigenvalue weighted by atomic mass is 9.81. The SMILES string of the molecule is CCC1O[C@H](O[C@@H]2C(CC)O[C@H](O[C@H]3C(CC)O[C@@H](O[C@H]4C(CC)O[C@@H](O[C@H]5C(C)C(C)[C@@H]6OC[C@@H]5O6)C(C)[C@H]4C)C(C)[C@H]3C)C(C)C2C)C(C)C(C)[C@@H]1O. The zero-order valence-corrected chi connectivity index (χ0v) is 36.5. The molecule has 0 aromatic rings. The molecule has 0 aliphatic carbocycles. The predicted molar refractivity (Wildman–Crippen MR) is 208 cm³/mol. The molecule has 6 saturated heterocycles. The topological polar surface area (TPSA) is 113 Å². The molecule has 0 amide bonds. The molecular formula is C44H78O11. The van der Waals surface area contributed by atoms with Gasteiger partial charge in [0.05, 0.1) is 61.5 Å². The first-order valence-corrected chi connectivity index (χ1v) is 22.3. The van der Waals surface area contributed by atoms with E-state index >= 15 is 0 Å². The maximum Gasteiger partial charge on any atom is 0.161 e. The van der Waals surface area contributed by atoms with E-state index in [0.29, 0.717) is 12.5 Å². The van der Waals surface area contributed by atoms with Crippen molar-refractivity contribution in [3.63, 3.8) is 0 Å². The standard InChI is InChI=1S/C44H78O11/c1-15-30-35(45)20(5)25(10)41(47-30)52-36-22(7)27(12)42(48-31(36)16-2)53-37-23(8)28(13)43(49-32(37)17-3)54-38-24(9)29(14)44(50-33(38)18-4)55-39-21(6)26(11)40-46-19-34(39)51-40/h20-45H,15-19H2,1-14H3/t20?,21?,22?,23-,24-,25?,26?,27?,28?,29?,30?,31?,32?,33?,34+,35+,36+,37-,38-,39+,40-,41-,42-,43+,44+/m1/s1. The number of aliphatic hydroxyl groups excluding tert-OH is 1. The van der Waals surface area contributed by atoms with Gasteiger partial charge in [0, 0.05) is 29.6 Å². The van der Waals surface area contributed by atoms with E-state index in [-0.39, 0.29) is 140 Å². The highest BCUT2D eigenvalue weighted by molar-refractivity contribution is 4.95. The summed E-state index contributed by atoms with van der Waals surface area (Å²) >= 11 is 0. The number of ether oxygens (including phenoxy) is 10.